The van der Waals surface area contributed by atoms with Crippen LogP contribution in [0.15, 0.2) is 24.3 Å². The second kappa shape index (κ2) is 4.56. The summed E-state index contributed by atoms with van der Waals surface area (Å²) in [4.78, 5) is 14.5. The highest BCUT2D eigenvalue weighted by molar-refractivity contribution is 6.33. The van der Waals surface area contributed by atoms with Gasteiger partial charge in [0.15, 0.2) is 0 Å². The van der Waals surface area contributed by atoms with Crippen molar-refractivity contribution in [1.82, 2.24) is 4.90 Å². The maximum atomic E-state index is 12.5. The fourth-order valence-corrected chi connectivity index (χ4v) is 3.47. The molecule has 2 bridgehead atoms. The minimum Gasteiger partial charge on any atom is -0.393 e. The van der Waals surface area contributed by atoms with Crippen molar-refractivity contribution in [3.63, 3.8) is 0 Å². The van der Waals surface area contributed by atoms with Crippen LogP contribution in [-0.4, -0.2) is 34.1 Å². The van der Waals surface area contributed by atoms with Gasteiger partial charge in [-0.05, 0) is 37.8 Å². The van der Waals surface area contributed by atoms with Crippen LogP contribution in [0.3, 0.4) is 0 Å². The molecule has 18 heavy (non-hydrogen) atoms. The fraction of sp³-hybridized carbons (Fsp3) is 0.500. The number of hydrogen-bond donors (Lipinski definition) is 1. The van der Waals surface area contributed by atoms with Crippen molar-refractivity contribution in [2.45, 2.75) is 43.9 Å². The van der Waals surface area contributed by atoms with E-state index in [1.54, 1.807) is 12.1 Å². The highest BCUT2D eigenvalue weighted by Gasteiger charge is 2.43. The smallest absolute Gasteiger partial charge is 0.255 e. The van der Waals surface area contributed by atoms with Crippen molar-refractivity contribution in [2.75, 3.05) is 0 Å². The molecule has 2 saturated heterocycles. The molecule has 1 aromatic carbocycles. The molecule has 4 heteroatoms. The third-order valence-electron chi connectivity index (χ3n) is 4.05. The molecular formula is C14H16ClNO2. The van der Waals surface area contributed by atoms with E-state index in [1.165, 1.54) is 0 Å². The average Bonchev–Trinajstić information content (AvgIpc) is 2.61. The number of aliphatic hydroxyl groups is 1. The van der Waals surface area contributed by atoms with Gasteiger partial charge in [-0.2, -0.15) is 0 Å². The van der Waals surface area contributed by atoms with Crippen molar-refractivity contribution in [2.24, 2.45) is 0 Å². The van der Waals surface area contributed by atoms with Crippen LogP contribution >= 0.6 is 11.6 Å². The maximum Gasteiger partial charge on any atom is 0.255 e. The number of halogens is 1. The second-order valence-corrected chi connectivity index (χ2v) is 5.61. The van der Waals surface area contributed by atoms with Crippen LogP contribution in [-0.2, 0) is 0 Å². The van der Waals surface area contributed by atoms with Gasteiger partial charge in [0.1, 0.15) is 0 Å². The van der Waals surface area contributed by atoms with E-state index in [-0.39, 0.29) is 24.1 Å². The fourth-order valence-electron chi connectivity index (χ4n) is 3.25. The van der Waals surface area contributed by atoms with Gasteiger partial charge >= 0.3 is 0 Å². The van der Waals surface area contributed by atoms with Crippen molar-refractivity contribution in [1.29, 1.82) is 0 Å². The summed E-state index contributed by atoms with van der Waals surface area (Å²) in [6.07, 6.45) is 3.15. The van der Waals surface area contributed by atoms with Crippen molar-refractivity contribution >= 4 is 17.5 Å². The summed E-state index contributed by atoms with van der Waals surface area (Å²) in [5.41, 5.74) is 0.576. The van der Waals surface area contributed by atoms with Crippen LogP contribution in [0.2, 0.25) is 5.02 Å². The van der Waals surface area contributed by atoms with Gasteiger partial charge in [0.25, 0.3) is 5.91 Å². The maximum absolute atomic E-state index is 12.5. The van der Waals surface area contributed by atoms with Gasteiger partial charge in [0.05, 0.1) is 16.7 Å². The Bertz CT molecular complexity index is 463. The summed E-state index contributed by atoms with van der Waals surface area (Å²) in [5, 5.41) is 10.3. The molecule has 1 aromatic rings. The molecule has 96 valence electrons. The quantitative estimate of drug-likeness (QED) is 0.847. The van der Waals surface area contributed by atoms with E-state index in [4.69, 9.17) is 11.6 Å². The molecule has 2 fully saturated rings. The molecule has 3 nitrogen and oxygen atoms in total. The van der Waals surface area contributed by atoms with Gasteiger partial charge in [0, 0.05) is 12.1 Å². The zero-order valence-electron chi connectivity index (χ0n) is 10.1. The number of rotatable bonds is 1. The van der Waals surface area contributed by atoms with Crippen molar-refractivity contribution in [3.8, 4) is 0 Å². The Labute approximate surface area is 111 Å². The number of hydrogen-bond acceptors (Lipinski definition) is 2. The summed E-state index contributed by atoms with van der Waals surface area (Å²) < 4.78 is 0. The van der Waals surface area contributed by atoms with E-state index in [0.29, 0.717) is 23.4 Å². The summed E-state index contributed by atoms with van der Waals surface area (Å²) >= 11 is 6.09. The van der Waals surface area contributed by atoms with Crippen LogP contribution < -0.4 is 0 Å². The Morgan fingerprint density at radius 1 is 1.22 bits per heavy atom. The molecule has 0 saturated carbocycles. The molecule has 2 heterocycles. The number of nitrogens with zero attached hydrogens (tertiary/aromatic N) is 1. The first kappa shape index (κ1) is 12.0. The lowest BCUT2D eigenvalue weighted by Gasteiger charge is -2.37. The van der Waals surface area contributed by atoms with Gasteiger partial charge in [0.2, 0.25) is 0 Å². The number of piperidine rings is 1. The number of benzene rings is 1. The van der Waals surface area contributed by atoms with Crippen LogP contribution in [0.1, 0.15) is 36.0 Å². The van der Waals surface area contributed by atoms with Crippen molar-refractivity contribution < 1.29 is 9.90 Å². The lowest BCUT2D eigenvalue weighted by molar-refractivity contribution is 0.0287. The molecule has 2 unspecified atom stereocenters. The average molecular weight is 266 g/mol. The largest absolute Gasteiger partial charge is 0.393 e. The molecule has 0 aromatic heterocycles. The van der Waals surface area contributed by atoms with E-state index in [1.807, 2.05) is 17.0 Å². The van der Waals surface area contributed by atoms with Gasteiger partial charge in [-0.1, -0.05) is 23.7 Å². The Hall–Kier alpha value is -1.06. The standard InChI is InChI=1S/C14H16ClNO2/c15-13-4-2-1-3-12(13)14(18)16-9-5-6-10(16)8-11(17)7-9/h1-4,9-11,17H,5-8H2. The SMILES string of the molecule is O=C(c1ccccc1Cl)N1C2CCC1CC(O)C2. The lowest BCUT2D eigenvalue weighted by atomic mass is 9.99. The molecular weight excluding hydrogens is 250 g/mol. The summed E-state index contributed by atoms with van der Waals surface area (Å²) in [5.74, 6) is 0.0139. The molecule has 2 aliphatic heterocycles. The predicted molar refractivity (Wildman–Crippen MR) is 69.7 cm³/mol. The normalized spacial score (nSPS) is 30.6. The molecule has 0 aliphatic carbocycles. The number of fused-ring (bicyclic) bond motifs is 2. The number of carbonyl (C=O) groups is 1. The first-order valence-corrected chi connectivity index (χ1v) is 6.80. The van der Waals surface area contributed by atoms with Gasteiger partial charge in [-0.25, -0.2) is 0 Å². The van der Waals surface area contributed by atoms with Gasteiger partial charge in [-0.3, -0.25) is 4.79 Å². The van der Waals surface area contributed by atoms with Gasteiger partial charge in [-0.15, -0.1) is 0 Å². The predicted octanol–water partition coefficient (Wildman–Crippen LogP) is 2.47. The highest BCUT2D eigenvalue weighted by atomic mass is 35.5. The monoisotopic (exact) mass is 265 g/mol. The Morgan fingerprint density at radius 2 is 1.83 bits per heavy atom. The molecule has 3 rings (SSSR count). The molecule has 2 atom stereocenters. The third kappa shape index (κ3) is 1.91. The highest BCUT2D eigenvalue weighted by Crippen LogP contribution is 2.37. The van der Waals surface area contributed by atoms with Crippen LogP contribution in [0, 0.1) is 0 Å². The second-order valence-electron chi connectivity index (χ2n) is 5.20. The van der Waals surface area contributed by atoms with Crippen LogP contribution in [0.5, 0.6) is 0 Å². The molecule has 1 N–H and O–H groups in total. The van der Waals surface area contributed by atoms with E-state index in [2.05, 4.69) is 0 Å². The summed E-state index contributed by atoms with van der Waals surface area (Å²) in [6.45, 7) is 0. The Balaban J connectivity index is 1.88. The first-order chi connectivity index (χ1) is 8.66. The minimum absolute atomic E-state index is 0.0139. The van der Waals surface area contributed by atoms with Crippen molar-refractivity contribution in [3.05, 3.63) is 34.9 Å². The summed E-state index contributed by atoms with van der Waals surface area (Å²) in [7, 11) is 0. The zero-order chi connectivity index (χ0) is 12.7. The first-order valence-electron chi connectivity index (χ1n) is 6.42. The van der Waals surface area contributed by atoms with E-state index < -0.39 is 0 Å². The number of carbonyl (C=O) groups excluding carboxylic acids is 1. The molecule has 0 spiro atoms. The van der Waals surface area contributed by atoms with E-state index >= 15 is 0 Å². The minimum atomic E-state index is -0.252. The van der Waals surface area contributed by atoms with Crippen LogP contribution in [0.4, 0.5) is 0 Å². The molecule has 0 radical (unpaired) electrons. The number of aliphatic hydroxyl groups excluding tert-OH is 1. The number of amides is 1. The van der Waals surface area contributed by atoms with Crippen LogP contribution in [0.25, 0.3) is 0 Å². The van der Waals surface area contributed by atoms with E-state index in [9.17, 15) is 9.90 Å². The van der Waals surface area contributed by atoms with E-state index in [0.717, 1.165) is 12.8 Å². The Morgan fingerprint density at radius 3 is 2.44 bits per heavy atom. The molecule has 2 aliphatic rings. The topological polar surface area (TPSA) is 40.5 Å². The lowest BCUT2D eigenvalue weighted by Crippen LogP contribution is -2.48. The van der Waals surface area contributed by atoms with Gasteiger partial charge < -0.3 is 10.0 Å². The zero-order valence-corrected chi connectivity index (χ0v) is 10.8. The summed E-state index contributed by atoms with van der Waals surface area (Å²) in [6, 6.07) is 7.54. The Kier molecular flexibility index (Phi) is 3.04. The molecule has 1 amide bonds. The third-order valence-corrected chi connectivity index (χ3v) is 4.38.